The van der Waals surface area contributed by atoms with Crippen molar-refractivity contribution in [3.05, 3.63) is 41.6 Å². The fourth-order valence-corrected chi connectivity index (χ4v) is 2.13. The summed E-state index contributed by atoms with van der Waals surface area (Å²) in [6.45, 7) is 8.51. The molecule has 0 saturated carbocycles. The molecule has 0 unspecified atom stereocenters. The van der Waals surface area contributed by atoms with E-state index in [1.807, 2.05) is 6.20 Å². The minimum atomic E-state index is 0.571. The number of benzene rings is 1. The molecule has 2 rings (SSSR count). The van der Waals surface area contributed by atoms with Crippen molar-refractivity contribution in [3.63, 3.8) is 0 Å². The lowest BCUT2D eigenvalue weighted by Crippen LogP contribution is -2.13. The molecule has 2 aromatic rings. The van der Waals surface area contributed by atoms with Crippen LogP contribution in [0.1, 0.15) is 44.2 Å². The van der Waals surface area contributed by atoms with Gasteiger partial charge < -0.3 is 5.32 Å². The van der Waals surface area contributed by atoms with Gasteiger partial charge in [0.1, 0.15) is 0 Å². The molecule has 3 heteroatoms. The Kier molecular flexibility index (Phi) is 4.74. The first kappa shape index (κ1) is 13.8. The van der Waals surface area contributed by atoms with Crippen LogP contribution < -0.4 is 5.32 Å². The van der Waals surface area contributed by atoms with E-state index >= 15 is 0 Å². The van der Waals surface area contributed by atoms with Gasteiger partial charge in [-0.3, -0.25) is 5.10 Å². The average Bonchev–Trinajstić information content (AvgIpc) is 2.87. The van der Waals surface area contributed by atoms with E-state index in [1.165, 1.54) is 16.7 Å². The largest absolute Gasteiger partial charge is 0.313 e. The van der Waals surface area contributed by atoms with Crippen LogP contribution in [0.15, 0.2) is 30.5 Å². The number of nitrogens with zero attached hydrogens (tertiary/aromatic N) is 1. The zero-order valence-electron chi connectivity index (χ0n) is 12.0. The fraction of sp³-hybridized carbons (Fsp3) is 0.438. The maximum absolute atomic E-state index is 4.17. The Balaban J connectivity index is 2.15. The van der Waals surface area contributed by atoms with E-state index in [0.29, 0.717) is 5.92 Å². The minimum Gasteiger partial charge on any atom is -0.313 e. The van der Waals surface area contributed by atoms with Gasteiger partial charge in [-0.25, -0.2) is 0 Å². The zero-order valence-corrected chi connectivity index (χ0v) is 12.0. The predicted molar refractivity (Wildman–Crippen MR) is 80.1 cm³/mol. The van der Waals surface area contributed by atoms with Crippen molar-refractivity contribution in [2.45, 2.75) is 39.7 Å². The first-order valence-electron chi connectivity index (χ1n) is 7.05. The van der Waals surface area contributed by atoms with Crippen LogP contribution in [0, 0.1) is 0 Å². The second-order valence-corrected chi connectivity index (χ2v) is 5.22. The van der Waals surface area contributed by atoms with Crippen LogP contribution in [0.2, 0.25) is 0 Å². The van der Waals surface area contributed by atoms with E-state index in [0.717, 1.165) is 25.2 Å². The maximum Gasteiger partial charge on any atom is 0.0695 e. The molecule has 1 heterocycles. The Labute approximate surface area is 115 Å². The molecule has 0 aliphatic carbocycles. The highest BCUT2D eigenvalue weighted by Crippen LogP contribution is 2.23. The van der Waals surface area contributed by atoms with E-state index in [9.17, 15) is 0 Å². The first-order valence-corrected chi connectivity index (χ1v) is 7.05. The van der Waals surface area contributed by atoms with Crippen molar-refractivity contribution < 1.29 is 0 Å². The van der Waals surface area contributed by atoms with Crippen molar-refractivity contribution in [2.24, 2.45) is 0 Å². The molecule has 0 aliphatic rings. The number of hydrogen-bond acceptors (Lipinski definition) is 2. The Morgan fingerprint density at radius 2 is 1.95 bits per heavy atom. The average molecular weight is 257 g/mol. The van der Waals surface area contributed by atoms with Crippen LogP contribution in [0.5, 0.6) is 0 Å². The molecule has 0 spiro atoms. The second-order valence-electron chi connectivity index (χ2n) is 5.22. The van der Waals surface area contributed by atoms with Gasteiger partial charge in [0.05, 0.1) is 11.9 Å². The lowest BCUT2D eigenvalue weighted by molar-refractivity contribution is 0.676. The summed E-state index contributed by atoms with van der Waals surface area (Å²) in [4.78, 5) is 0. The molecular formula is C16H23N3. The van der Waals surface area contributed by atoms with Gasteiger partial charge in [-0.2, -0.15) is 5.10 Å². The van der Waals surface area contributed by atoms with Gasteiger partial charge in [0.2, 0.25) is 0 Å². The van der Waals surface area contributed by atoms with Gasteiger partial charge in [-0.15, -0.1) is 0 Å². The molecule has 0 aliphatic heterocycles. The zero-order chi connectivity index (χ0) is 13.7. The van der Waals surface area contributed by atoms with Gasteiger partial charge >= 0.3 is 0 Å². The fourth-order valence-electron chi connectivity index (χ4n) is 2.13. The molecule has 2 N–H and O–H groups in total. The van der Waals surface area contributed by atoms with Gasteiger partial charge in [-0.05, 0) is 30.0 Å². The number of rotatable bonds is 6. The highest BCUT2D eigenvalue weighted by Gasteiger charge is 2.07. The van der Waals surface area contributed by atoms with Crippen molar-refractivity contribution in [1.29, 1.82) is 0 Å². The molecule has 19 heavy (non-hydrogen) atoms. The number of nitrogens with one attached hydrogen (secondary N) is 2. The highest BCUT2D eigenvalue weighted by molar-refractivity contribution is 5.63. The lowest BCUT2D eigenvalue weighted by atomic mass is 10.00. The summed E-state index contributed by atoms with van der Waals surface area (Å²) in [7, 11) is 0. The molecule has 1 aromatic heterocycles. The predicted octanol–water partition coefficient (Wildman–Crippen LogP) is 3.70. The van der Waals surface area contributed by atoms with E-state index in [1.54, 1.807) is 0 Å². The van der Waals surface area contributed by atoms with Crippen LogP contribution in [-0.4, -0.2) is 16.7 Å². The van der Waals surface area contributed by atoms with Gasteiger partial charge in [-0.1, -0.05) is 45.0 Å². The summed E-state index contributed by atoms with van der Waals surface area (Å²) in [5, 5.41) is 10.7. The summed E-state index contributed by atoms with van der Waals surface area (Å²) >= 11 is 0. The Morgan fingerprint density at radius 1 is 1.21 bits per heavy atom. The third-order valence-electron chi connectivity index (χ3n) is 3.33. The van der Waals surface area contributed by atoms with Gasteiger partial charge in [0.15, 0.2) is 0 Å². The maximum atomic E-state index is 4.17. The van der Waals surface area contributed by atoms with Crippen molar-refractivity contribution in [2.75, 3.05) is 6.54 Å². The molecule has 1 aromatic carbocycles. The van der Waals surface area contributed by atoms with E-state index in [2.05, 4.69) is 60.6 Å². The molecule has 0 bridgehead atoms. The topological polar surface area (TPSA) is 40.7 Å². The molecule has 0 amide bonds. The Hall–Kier alpha value is -1.61. The van der Waals surface area contributed by atoms with Crippen LogP contribution in [-0.2, 0) is 6.54 Å². The molecule has 102 valence electrons. The summed E-state index contributed by atoms with van der Waals surface area (Å²) in [6, 6.07) is 8.74. The van der Waals surface area contributed by atoms with Crippen molar-refractivity contribution >= 4 is 0 Å². The molecule has 0 saturated heterocycles. The highest BCUT2D eigenvalue weighted by atomic mass is 15.1. The molecule has 0 radical (unpaired) electrons. The van der Waals surface area contributed by atoms with Crippen molar-refractivity contribution in [1.82, 2.24) is 15.5 Å². The number of hydrogen-bond donors (Lipinski definition) is 2. The summed E-state index contributed by atoms with van der Waals surface area (Å²) in [5.41, 5.74) is 4.92. The Bertz CT molecular complexity index is 497. The smallest absolute Gasteiger partial charge is 0.0695 e. The SMILES string of the molecule is CCCNCc1cn[nH]c1-c1ccc(C(C)C)cc1. The third kappa shape index (κ3) is 3.44. The number of H-pyrrole nitrogens is 1. The van der Waals surface area contributed by atoms with Gasteiger partial charge in [0, 0.05) is 12.1 Å². The van der Waals surface area contributed by atoms with Gasteiger partial charge in [0.25, 0.3) is 0 Å². The Morgan fingerprint density at radius 3 is 2.58 bits per heavy atom. The summed E-state index contributed by atoms with van der Waals surface area (Å²) in [6.07, 6.45) is 3.06. The molecular weight excluding hydrogens is 234 g/mol. The minimum absolute atomic E-state index is 0.571. The second kappa shape index (κ2) is 6.53. The summed E-state index contributed by atoms with van der Waals surface area (Å²) in [5.74, 6) is 0.571. The monoisotopic (exact) mass is 257 g/mol. The summed E-state index contributed by atoms with van der Waals surface area (Å²) < 4.78 is 0. The standard InChI is InChI=1S/C16H23N3/c1-4-9-17-10-15-11-18-19-16(15)14-7-5-13(6-8-14)12(2)3/h5-8,11-12,17H,4,9-10H2,1-3H3,(H,18,19). The van der Waals surface area contributed by atoms with E-state index in [4.69, 9.17) is 0 Å². The molecule has 3 nitrogen and oxygen atoms in total. The van der Waals surface area contributed by atoms with Crippen LogP contribution in [0.25, 0.3) is 11.3 Å². The first-order chi connectivity index (χ1) is 9.22. The number of aromatic amines is 1. The molecule has 0 atom stereocenters. The van der Waals surface area contributed by atoms with Crippen LogP contribution in [0.4, 0.5) is 0 Å². The normalized spacial score (nSPS) is 11.2. The third-order valence-corrected chi connectivity index (χ3v) is 3.33. The lowest BCUT2D eigenvalue weighted by Gasteiger charge is -2.08. The quantitative estimate of drug-likeness (QED) is 0.775. The van der Waals surface area contributed by atoms with Crippen LogP contribution >= 0.6 is 0 Å². The van der Waals surface area contributed by atoms with E-state index < -0.39 is 0 Å². The van der Waals surface area contributed by atoms with Crippen LogP contribution in [0.3, 0.4) is 0 Å². The number of aromatic nitrogens is 2. The molecule has 0 fully saturated rings. The van der Waals surface area contributed by atoms with E-state index in [-0.39, 0.29) is 0 Å². The van der Waals surface area contributed by atoms with Crippen molar-refractivity contribution in [3.8, 4) is 11.3 Å².